The third-order valence-electron chi connectivity index (χ3n) is 4.94. The molecule has 11 heteroatoms. The summed E-state index contributed by atoms with van der Waals surface area (Å²) in [6.45, 7) is 0. The average Bonchev–Trinajstić information content (AvgIpc) is 3.05. The van der Waals surface area contributed by atoms with E-state index in [4.69, 9.17) is 0 Å². The second kappa shape index (κ2) is 6.46. The van der Waals surface area contributed by atoms with Crippen molar-refractivity contribution >= 4 is 43.5 Å². The summed E-state index contributed by atoms with van der Waals surface area (Å²) in [5, 5.41) is 9.09. The zero-order chi connectivity index (χ0) is 21.2. The predicted octanol–water partition coefficient (Wildman–Crippen LogP) is 5.29. The maximum atomic E-state index is 14.4. The molecule has 154 valence electrons. The molecule has 1 amide bonds. The number of anilines is 1. The zero-order valence-electron chi connectivity index (χ0n) is 14.8. The minimum atomic E-state index is -4.92. The number of amides is 1. The van der Waals surface area contributed by atoms with Gasteiger partial charge < -0.3 is 5.32 Å². The average molecular weight is 438 g/mol. The van der Waals surface area contributed by atoms with E-state index in [0.717, 1.165) is 17.4 Å². The van der Waals surface area contributed by atoms with Crippen LogP contribution in [0, 0.1) is 11.7 Å². The van der Waals surface area contributed by atoms with E-state index in [1.54, 1.807) is 0 Å². The summed E-state index contributed by atoms with van der Waals surface area (Å²) in [7, 11) is 0. The molecule has 0 saturated heterocycles. The first-order chi connectivity index (χ1) is 14.2. The summed E-state index contributed by atoms with van der Waals surface area (Å²) >= 11 is 1.04. The molecule has 2 heterocycles. The number of aromatic nitrogens is 3. The van der Waals surface area contributed by atoms with Crippen molar-refractivity contribution in [3.05, 3.63) is 41.8 Å². The normalized spacial score (nSPS) is 18.8. The highest BCUT2D eigenvalue weighted by atomic mass is 32.1. The van der Waals surface area contributed by atoms with Crippen LogP contribution >= 0.6 is 11.3 Å². The number of carbonyl (C=O) groups excluding carboxylic acids is 1. The molecule has 30 heavy (non-hydrogen) atoms. The van der Waals surface area contributed by atoms with Crippen LogP contribution in [0.3, 0.4) is 0 Å². The van der Waals surface area contributed by atoms with Crippen LogP contribution in [0.25, 0.3) is 32.2 Å². The van der Waals surface area contributed by atoms with Gasteiger partial charge in [-0.1, -0.05) is 17.4 Å². The van der Waals surface area contributed by atoms with Gasteiger partial charge in [0.05, 0.1) is 33.4 Å². The van der Waals surface area contributed by atoms with Gasteiger partial charge in [-0.05, 0) is 24.1 Å². The van der Waals surface area contributed by atoms with Crippen molar-refractivity contribution in [2.75, 3.05) is 5.32 Å². The molecular weight excluding hydrogens is 427 g/mol. The van der Waals surface area contributed by atoms with Crippen LogP contribution in [-0.2, 0) is 11.0 Å². The van der Waals surface area contributed by atoms with Crippen molar-refractivity contribution in [2.24, 2.45) is 5.92 Å². The standard InChI is InChI=1S/C19H11F5N4OS/c20-10-4-8(10)17(29)27-18-26-12-2-1-7(3-14(12)30-18)15-9-6-25-28-13(9)5-11(21)16(15)19(22,23)24/h1-3,5-6,8,10H,4H2,(H,25,28)(H,26,27,29)/t8-,10+/m1/s1. The first-order valence-electron chi connectivity index (χ1n) is 8.81. The molecule has 1 aliphatic rings. The number of halogens is 5. The van der Waals surface area contributed by atoms with Gasteiger partial charge >= 0.3 is 6.18 Å². The summed E-state index contributed by atoms with van der Waals surface area (Å²) in [6, 6.07) is 5.11. The summed E-state index contributed by atoms with van der Waals surface area (Å²) in [4.78, 5) is 16.1. The Morgan fingerprint density at radius 2 is 2.03 bits per heavy atom. The van der Waals surface area contributed by atoms with Crippen LogP contribution in [0.1, 0.15) is 12.0 Å². The third-order valence-corrected chi connectivity index (χ3v) is 5.87. The highest BCUT2D eigenvalue weighted by Crippen LogP contribution is 2.44. The van der Waals surface area contributed by atoms with Crippen molar-refractivity contribution < 1.29 is 26.7 Å². The fourth-order valence-electron chi connectivity index (χ4n) is 3.40. The Bertz CT molecular complexity index is 1310. The lowest BCUT2D eigenvalue weighted by molar-refractivity contribution is -0.139. The quantitative estimate of drug-likeness (QED) is 0.427. The Kier molecular flexibility index (Phi) is 4.07. The molecule has 2 aromatic heterocycles. The Morgan fingerprint density at radius 3 is 2.73 bits per heavy atom. The fraction of sp³-hybridized carbons (Fsp3) is 0.211. The number of hydrogen-bond donors (Lipinski definition) is 2. The smallest absolute Gasteiger partial charge is 0.302 e. The lowest BCUT2D eigenvalue weighted by Gasteiger charge is -2.15. The second-order valence-electron chi connectivity index (χ2n) is 6.99. The molecule has 0 radical (unpaired) electrons. The molecule has 5 nitrogen and oxygen atoms in total. The third kappa shape index (κ3) is 3.09. The van der Waals surface area contributed by atoms with Crippen molar-refractivity contribution in [3.63, 3.8) is 0 Å². The van der Waals surface area contributed by atoms with Crippen LogP contribution in [0.15, 0.2) is 30.5 Å². The van der Waals surface area contributed by atoms with Gasteiger partial charge in [0, 0.05) is 17.0 Å². The number of alkyl halides is 4. The van der Waals surface area contributed by atoms with Gasteiger partial charge in [0.1, 0.15) is 12.0 Å². The molecular formula is C19H11F5N4OS. The molecule has 4 aromatic rings. The lowest BCUT2D eigenvalue weighted by Crippen LogP contribution is -2.14. The van der Waals surface area contributed by atoms with Gasteiger partial charge in [-0.25, -0.2) is 13.8 Å². The number of H-pyrrole nitrogens is 1. The molecule has 1 saturated carbocycles. The molecule has 1 fully saturated rings. The van der Waals surface area contributed by atoms with E-state index >= 15 is 0 Å². The van der Waals surface area contributed by atoms with Gasteiger partial charge in [0.25, 0.3) is 0 Å². The molecule has 0 bridgehead atoms. The first-order valence-corrected chi connectivity index (χ1v) is 9.62. The van der Waals surface area contributed by atoms with Gasteiger partial charge in [0.15, 0.2) is 5.13 Å². The fourth-order valence-corrected chi connectivity index (χ4v) is 4.31. The van der Waals surface area contributed by atoms with Gasteiger partial charge in [0.2, 0.25) is 5.91 Å². The zero-order valence-corrected chi connectivity index (χ0v) is 15.7. The Balaban J connectivity index is 1.62. The Labute approximate surface area is 168 Å². The van der Waals surface area contributed by atoms with Gasteiger partial charge in [-0.2, -0.15) is 18.3 Å². The summed E-state index contributed by atoms with van der Waals surface area (Å²) in [5.41, 5.74) is -0.992. The van der Waals surface area contributed by atoms with Gasteiger partial charge in [-0.3, -0.25) is 9.89 Å². The number of hydrogen-bond acceptors (Lipinski definition) is 4. The predicted molar refractivity (Wildman–Crippen MR) is 101 cm³/mol. The number of thiazole rings is 1. The molecule has 2 N–H and O–H groups in total. The van der Waals surface area contributed by atoms with E-state index in [0.29, 0.717) is 10.2 Å². The van der Waals surface area contributed by atoms with Crippen molar-refractivity contribution in [1.29, 1.82) is 0 Å². The molecule has 0 spiro atoms. The SMILES string of the molecule is O=C(Nc1nc2ccc(-c3c(C(F)(F)F)c(F)cc4[nH]ncc34)cc2s1)[C@@H]1C[C@@H]1F. The number of nitrogens with zero attached hydrogens (tertiary/aromatic N) is 2. The van der Waals surface area contributed by atoms with E-state index in [-0.39, 0.29) is 33.6 Å². The van der Waals surface area contributed by atoms with Gasteiger partial charge in [-0.15, -0.1) is 0 Å². The second-order valence-corrected chi connectivity index (χ2v) is 8.02. The first kappa shape index (κ1) is 18.9. The number of benzene rings is 2. The molecule has 5 rings (SSSR count). The molecule has 0 aliphatic heterocycles. The Hall–Kier alpha value is -3.08. The molecule has 2 atom stereocenters. The Morgan fingerprint density at radius 1 is 1.27 bits per heavy atom. The van der Waals surface area contributed by atoms with E-state index in [1.807, 2.05) is 0 Å². The van der Waals surface area contributed by atoms with Crippen LogP contribution < -0.4 is 5.32 Å². The largest absolute Gasteiger partial charge is 0.419 e. The van der Waals surface area contributed by atoms with Crippen LogP contribution in [0.5, 0.6) is 0 Å². The lowest BCUT2D eigenvalue weighted by atomic mass is 9.95. The molecule has 1 aliphatic carbocycles. The monoisotopic (exact) mass is 438 g/mol. The molecule has 0 unspecified atom stereocenters. The van der Waals surface area contributed by atoms with E-state index in [1.165, 1.54) is 24.4 Å². The highest BCUT2D eigenvalue weighted by Gasteiger charge is 2.44. The van der Waals surface area contributed by atoms with E-state index in [9.17, 15) is 26.7 Å². The van der Waals surface area contributed by atoms with Crippen LogP contribution in [0.2, 0.25) is 0 Å². The maximum Gasteiger partial charge on any atom is 0.419 e. The summed E-state index contributed by atoms with van der Waals surface area (Å²) in [6.07, 6.45) is -4.69. The van der Waals surface area contributed by atoms with Crippen molar-refractivity contribution in [3.8, 4) is 11.1 Å². The van der Waals surface area contributed by atoms with Crippen LogP contribution in [0.4, 0.5) is 27.1 Å². The number of fused-ring (bicyclic) bond motifs is 2. The van der Waals surface area contributed by atoms with Crippen LogP contribution in [-0.4, -0.2) is 27.3 Å². The number of nitrogens with one attached hydrogen (secondary N) is 2. The minimum Gasteiger partial charge on any atom is -0.302 e. The highest BCUT2D eigenvalue weighted by molar-refractivity contribution is 7.22. The molecule has 2 aromatic carbocycles. The van der Waals surface area contributed by atoms with E-state index in [2.05, 4.69) is 20.5 Å². The topological polar surface area (TPSA) is 70.7 Å². The van der Waals surface area contributed by atoms with Crippen molar-refractivity contribution in [2.45, 2.75) is 18.8 Å². The number of aromatic amines is 1. The number of rotatable bonds is 3. The summed E-state index contributed by atoms with van der Waals surface area (Å²) in [5.74, 6) is -2.58. The number of carbonyl (C=O) groups is 1. The maximum absolute atomic E-state index is 14.4. The van der Waals surface area contributed by atoms with Crippen molar-refractivity contribution in [1.82, 2.24) is 15.2 Å². The summed E-state index contributed by atoms with van der Waals surface area (Å²) < 4.78 is 68.8. The minimum absolute atomic E-state index is 0.129. The van der Waals surface area contributed by atoms with E-state index < -0.39 is 35.6 Å².